The smallest absolute Gasteiger partial charge is 0.274 e. The number of imidazole rings is 1. The first-order valence-electron chi connectivity index (χ1n) is 10.6. The lowest BCUT2D eigenvalue weighted by Crippen LogP contribution is -2.47. The molecular formula is C23H32N4O. The van der Waals surface area contributed by atoms with Crippen LogP contribution in [0.25, 0.3) is 0 Å². The van der Waals surface area contributed by atoms with Crippen molar-refractivity contribution >= 4 is 5.91 Å². The second kappa shape index (κ2) is 8.08. The zero-order valence-electron chi connectivity index (χ0n) is 17.1. The van der Waals surface area contributed by atoms with Crippen LogP contribution in [-0.4, -0.2) is 46.0 Å². The zero-order chi connectivity index (χ0) is 19.6. The molecule has 0 bridgehead atoms. The van der Waals surface area contributed by atoms with E-state index in [0.717, 1.165) is 32.5 Å². The number of likely N-dealkylation sites (tertiary alicyclic amines) is 1. The molecule has 2 unspecified atom stereocenters. The van der Waals surface area contributed by atoms with Crippen molar-refractivity contribution in [3.63, 3.8) is 0 Å². The van der Waals surface area contributed by atoms with E-state index < -0.39 is 0 Å². The number of benzene rings is 1. The first-order chi connectivity index (χ1) is 13.5. The Bertz CT molecular complexity index is 792. The number of hydrogen-bond donors (Lipinski definition) is 1. The van der Waals surface area contributed by atoms with Gasteiger partial charge in [0.25, 0.3) is 5.91 Å². The normalized spacial score (nSPS) is 24.4. The number of rotatable bonds is 5. The molecule has 1 amide bonds. The average Bonchev–Trinajstić information content (AvgIpc) is 3.36. The predicted molar refractivity (Wildman–Crippen MR) is 111 cm³/mol. The number of nitrogens with one attached hydrogen (secondary N) is 1. The number of carbonyl (C=O) groups is 1. The van der Waals surface area contributed by atoms with E-state index in [4.69, 9.17) is 0 Å². The number of aryl methyl sites for hydroxylation is 1. The lowest BCUT2D eigenvalue weighted by Gasteiger charge is -2.40. The Balaban J connectivity index is 1.24. The molecule has 28 heavy (non-hydrogen) atoms. The lowest BCUT2D eigenvalue weighted by molar-refractivity contribution is 0.0596. The summed E-state index contributed by atoms with van der Waals surface area (Å²) >= 11 is 0. The van der Waals surface area contributed by atoms with Crippen LogP contribution in [0.4, 0.5) is 0 Å². The molecule has 2 aliphatic rings. The molecule has 1 saturated carbocycles. The fourth-order valence-corrected chi connectivity index (χ4v) is 4.70. The van der Waals surface area contributed by atoms with Gasteiger partial charge in [-0.05, 0) is 49.0 Å². The number of amides is 1. The molecule has 5 heteroatoms. The Kier molecular flexibility index (Phi) is 5.54. The van der Waals surface area contributed by atoms with Gasteiger partial charge >= 0.3 is 0 Å². The molecule has 4 rings (SSSR count). The minimum Gasteiger partial charge on any atom is -0.340 e. The number of hydrogen-bond acceptors (Lipinski definition) is 3. The van der Waals surface area contributed by atoms with Gasteiger partial charge in [-0.3, -0.25) is 4.79 Å². The van der Waals surface area contributed by atoms with Crippen molar-refractivity contribution in [2.75, 3.05) is 19.6 Å². The van der Waals surface area contributed by atoms with Crippen LogP contribution in [0.3, 0.4) is 0 Å². The lowest BCUT2D eigenvalue weighted by atomic mass is 9.80. The van der Waals surface area contributed by atoms with Crippen LogP contribution in [0.15, 0.2) is 42.9 Å². The van der Waals surface area contributed by atoms with Crippen LogP contribution in [0, 0.1) is 5.41 Å². The largest absolute Gasteiger partial charge is 0.340 e. The van der Waals surface area contributed by atoms with Crippen molar-refractivity contribution < 1.29 is 4.79 Å². The molecule has 5 nitrogen and oxygen atoms in total. The minimum atomic E-state index is 0.0668. The van der Waals surface area contributed by atoms with Gasteiger partial charge in [0.05, 0.1) is 6.33 Å². The quantitative estimate of drug-likeness (QED) is 0.862. The molecule has 1 aliphatic heterocycles. The number of piperidine rings is 1. The summed E-state index contributed by atoms with van der Waals surface area (Å²) in [5.41, 5.74) is 2.31. The summed E-state index contributed by atoms with van der Waals surface area (Å²) in [5.74, 6) is 0.765. The molecule has 1 aromatic carbocycles. The van der Waals surface area contributed by atoms with E-state index in [2.05, 4.69) is 47.6 Å². The van der Waals surface area contributed by atoms with E-state index in [9.17, 15) is 4.79 Å². The zero-order valence-corrected chi connectivity index (χ0v) is 17.1. The minimum absolute atomic E-state index is 0.0668. The van der Waals surface area contributed by atoms with E-state index in [1.54, 1.807) is 12.5 Å². The Morgan fingerprint density at radius 2 is 1.96 bits per heavy atom. The van der Waals surface area contributed by atoms with Crippen LogP contribution in [0.1, 0.15) is 61.0 Å². The predicted octanol–water partition coefficient (Wildman–Crippen LogP) is 3.59. The molecule has 1 saturated heterocycles. The monoisotopic (exact) mass is 380 g/mol. The molecule has 1 aliphatic carbocycles. The first kappa shape index (κ1) is 19.2. The maximum Gasteiger partial charge on any atom is 0.274 e. The van der Waals surface area contributed by atoms with Crippen LogP contribution >= 0.6 is 0 Å². The highest BCUT2D eigenvalue weighted by molar-refractivity contribution is 5.92. The van der Waals surface area contributed by atoms with E-state index >= 15 is 0 Å². The second-order valence-electron chi connectivity index (χ2n) is 9.03. The Hall–Kier alpha value is -2.14. The third-order valence-electron chi connectivity index (χ3n) is 6.70. The summed E-state index contributed by atoms with van der Waals surface area (Å²) in [4.78, 5) is 18.8. The molecular weight excluding hydrogens is 348 g/mol. The molecule has 0 spiro atoms. The summed E-state index contributed by atoms with van der Waals surface area (Å²) in [6.07, 6.45) is 9.38. The highest BCUT2D eigenvalue weighted by Crippen LogP contribution is 2.36. The molecule has 2 atom stereocenters. The van der Waals surface area contributed by atoms with Crippen molar-refractivity contribution in [2.45, 2.75) is 51.0 Å². The fourth-order valence-electron chi connectivity index (χ4n) is 4.70. The van der Waals surface area contributed by atoms with Crippen molar-refractivity contribution in [3.8, 4) is 0 Å². The van der Waals surface area contributed by atoms with E-state index in [1.807, 2.05) is 16.5 Å². The second-order valence-corrected chi connectivity index (χ2v) is 9.03. The topological polar surface area (TPSA) is 50.2 Å². The van der Waals surface area contributed by atoms with E-state index in [0.29, 0.717) is 17.7 Å². The van der Waals surface area contributed by atoms with Gasteiger partial charge in [0.15, 0.2) is 0 Å². The first-order valence-corrected chi connectivity index (χ1v) is 10.6. The Morgan fingerprint density at radius 1 is 1.21 bits per heavy atom. The highest BCUT2D eigenvalue weighted by atomic mass is 16.2. The van der Waals surface area contributed by atoms with Crippen molar-refractivity contribution in [1.82, 2.24) is 19.8 Å². The summed E-state index contributed by atoms with van der Waals surface area (Å²) in [6.45, 7) is 5.06. The van der Waals surface area contributed by atoms with Crippen molar-refractivity contribution in [1.29, 1.82) is 0 Å². The molecule has 150 valence electrons. The summed E-state index contributed by atoms with van der Waals surface area (Å²) in [6, 6.07) is 11.6. The summed E-state index contributed by atoms with van der Waals surface area (Å²) in [7, 11) is 1.90. The van der Waals surface area contributed by atoms with Gasteiger partial charge in [0, 0.05) is 38.9 Å². The van der Waals surface area contributed by atoms with Gasteiger partial charge in [-0.1, -0.05) is 37.3 Å². The third kappa shape index (κ3) is 4.30. The number of carbonyl (C=O) groups excluding carboxylic acids is 1. The van der Waals surface area contributed by atoms with Gasteiger partial charge in [0.2, 0.25) is 0 Å². The SMILES string of the molecule is Cn1cnc(C(=O)N2CCC(C)(CNC3CCC(c4ccccc4)C3)CC2)c1. The fraction of sp³-hybridized carbons (Fsp3) is 0.565. The van der Waals surface area contributed by atoms with E-state index in [1.165, 1.54) is 24.8 Å². The molecule has 2 heterocycles. The molecule has 1 N–H and O–H groups in total. The van der Waals surface area contributed by atoms with Gasteiger partial charge in [-0.15, -0.1) is 0 Å². The van der Waals surface area contributed by atoms with Crippen LogP contribution < -0.4 is 5.32 Å². The van der Waals surface area contributed by atoms with Crippen molar-refractivity contribution in [2.24, 2.45) is 12.5 Å². The van der Waals surface area contributed by atoms with Gasteiger partial charge in [-0.2, -0.15) is 0 Å². The number of aromatic nitrogens is 2. The number of nitrogens with zero attached hydrogens (tertiary/aromatic N) is 3. The van der Waals surface area contributed by atoms with Crippen molar-refractivity contribution in [3.05, 3.63) is 54.1 Å². The van der Waals surface area contributed by atoms with Gasteiger partial charge < -0.3 is 14.8 Å². The van der Waals surface area contributed by atoms with E-state index in [-0.39, 0.29) is 11.3 Å². The van der Waals surface area contributed by atoms with Gasteiger partial charge in [0.1, 0.15) is 5.69 Å². The van der Waals surface area contributed by atoms with Gasteiger partial charge in [-0.25, -0.2) is 4.98 Å². The maximum atomic E-state index is 12.6. The van der Waals surface area contributed by atoms with Crippen LogP contribution in [-0.2, 0) is 7.05 Å². The Labute approximate surface area is 168 Å². The molecule has 0 radical (unpaired) electrons. The average molecular weight is 381 g/mol. The standard InChI is InChI=1S/C23H32N4O/c1-23(10-12-27(13-11-23)22(28)21-15-26(2)17-25-21)16-24-20-9-8-19(14-20)18-6-4-3-5-7-18/h3-7,15,17,19-20,24H,8-14,16H2,1-2H3. The van der Waals surface area contributed by atoms with Crippen LogP contribution in [0.5, 0.6) is 0 Å². The maximum absolute atomic E-state index is 12.6. The van der Waals surface area contributed by atoms with Crippen LogP contribution in [0.2, 0.25) is 0 Å². The third-order valence-corrected chi connectivity index (χ3v) is 6.70. The highest BCUT2D eigenvalue weighted by Gasteiger charge is 2.34. The Morgan fingerprint density at radius 3 is 2.64 bits per heavy atom. The molecule has 1 aromatic heterocycles. The molecule has 2 fully saturated rings. The molecule has 2 aromatic rings. The summed E-state index contributed by atoms with van der Waals surface area (Å²) < 4.78 is 1.83. The summed E-state index contributed by atoms with van der Waals surface area (Å²) in [5, 5.41) is 3.85.